The van der Waals surface area contributed by atoms with Crippen molar-refractivity contribution in [3.63, 3.8) is 0 Å². The number of nitrogens with zero attached hydrogens (tertiary/aromatic N) is 1. The van der Waals surface area contributed by atoms with Gasteiger partial charge < -0.3 is 11.5 Å². The molecule has 1 unspecified atom stereocenters. The summed E-state index contributed by atoms with van der Waals surface area (Å²) in [6.45, 7) is 0.683. The zero-order valence-corrected chi connectivity index (χ0v) is 13.7. The van der Waals surface area contributed by atoms with E-state index in [1.54, 1.807) is 0 Å². The quantitative estimate of drug-likeness (QED) is 0.799. The standard InChI is InChI=1S/C11H14BrN3O3S.ClH/c12-8-3-7(11(14)16)4-10(5-8)19(17,18)15-2-1-9(13)6-15;/h3-5,9H,1-2,6,13H2,(H2,14,16);1H. The number of carbonyl (C=O) groups is 1. The smallest absolute Gasteiger partial charge is 0.248 e. The van der Waals surface area contributed by atoms with Gasteiger partial charge in [-0.25, -0.2) is 8.42 Å². The van der Waals surface area contributed by atoms with Crippen molar-refractivity contribution in [3.05, 3.63) is 28.2 Å². The van der Waals surface area contributed by atoms with Gasteiger partial charge in [0.05, 0.1) is 4.90 Å². The monoisotopic (exact) mass is 383 g/mol. The van der Waals surface area contributed by atoms with Gasteiger partial charge >= 0.3 is 0 Å². The summed E-state index contributed by atoms with van der Waals surface area (Å²) in [5.41, 5.74) is 11.1. The predicted octanol–water partition coefficient (Wildman–Crippen LogP) is 0.692. The first-order chi connectivity index (χ1) is 8.80. The Bertz CT molecular complexity index is 623. The van der Waals surface area contributed by atoms with E-state index < -0.39 is 15.9 Å². The number of hydrogen-bond acceptors (Lipinski definition) is 4. The first-order valence-electron chi connectivity index (χ1n) is 5.67. The van der Waals surface area contributed by atoms with Crippen molar-refractivity contribution in [3.8, 4) is 0 Å². The van der Waals surface area contributed by atoms with E-state index in [2.05, 4.69) is 15.9 Å². The molecular weight excluding hydrogens is 370 g/mol. The normalized spacial score (nSPS) is 19.6. The number of rotatable bonds is 3. The highest BCUT2D eigenvalue weighted by atomic mass is 79.9. The molecular formula is C11H15BrClN3O3S. The summed E-state index contributed by atoms with van der Waals surface area (Å²) in [5, 5.41) is 0. The number of hydrogen-bond donors (Lipinski definition) is 2. The minimum absolute atomic E-state index is 0. The molecule has 0 radical (unpaired) electrons. The molecule has 112 valence electrons. The van der Waals surface area contributed by atoms with Gasteiger partial charge in [0, 0.05) is 29.2 Å². The van der Waals surface area contributed by atoms with Gasteiger partial charge in [0.1, 0.15) is 0 Å². The summed E-state index contributed by atoms with van der Waals surface area (Å²) in [4.78, 5) is 11.2. The van der Waals surface area contributed by atoms with Crippen LogP contribution in [0, 0.1) is 0 Å². The van der Waals surface area contributed by atoms with Gasteiger partial charge in [-0.3, -0.25) is 4.79 Å². The van der Waals surface area contributed by atoms with Crippen molar-refractivity contribution in [2.75, 3.05) is 13.1 Å². The summed E-state index contributed by atoms with van der Waals surface area (Å²) in [6, 6.07) is 4.08. The molecule has 1 saturated heterocycles. The van der Waals surface area contributed by atoms with Crippen molar-refractivity contribution in [2.24, 2.45) is 11.5 Å². The third-order valence-corrected chi connectivity index (χ3v) is 5.28. The molecule has 0 spiro atoms. The zero-order chi connectivity index (χ0) is 14.2. The largest absolute Gasteiger partial charge is 0.366 e. The Kier molecular flexibility index (Phi) is 5.56. The minimum Gasteiger partial charge on any atom is -0.366 e. The average Bonchev–Trinajstić information content (AvgIpc) is 2.75. The molecule has 1 aliphatic rings. The van der Waals surface area contributed by atoms with E-state index in [4.69, 9.17) is 11.5 Å². The fraction of sp³-hybridized carbons (Fsp3) is 0.364. The Hall–Kier alpha value is -0.670. The van der Waals surface area contributed by atoms with Gasteiger partial charge in [-0.2, -0.15) is 4.31 Å². The van der Waals surface area contributed by atoms with Crippen molar-refractivity contribution in [1.29, 1.82) is 0 Å². The second kappa shape index (κ2) is 6.40. The van der Waals surface area contributed by atoms with E-state index in [1.165, 1.54) is 22.5 Å². The summed E-state index contributed by atoms with van der Waals surface area (Å²) < 4.78 is 26.6. The molecule has 1 amide bonds. The topological polar surface area (TPSA) is 106 Å². The third-order valence-electron chi connectivity index (χ3n) is 2.98. The SMILES string of the molecule is Cl.NC(=O)c1cc(Br)cc(S(=O)(=O)N2CCC(N)C2)c1. The van der Waals surface area contributed by atoms with Gasteiger partial charge in [0.2, 0.25) is 15.9 Å². The van der Waals surface area contributed by atoms with Crippen molar-refractivity contribution < 1.29 is 13.2 Å². The van der Waals surface area contributed by atoms with Crippen LogP contribution in [-0.4, -0.2) is 37.8 Å². The fourth-order valence-corrected chi connectivity index (χ4v) is 4.20. The first-order valence-corrected chi connectivity index (χ1v) is 7.90. The second-order valence-electron chi connectivity index (χ2n) is 4.45. The molecule has 1 aliphatic heterocycles. The summed E-state index contributed by atoms with van der Waals surface area (Å²) in [7, 11) is -3.63. The Morgan fingerprint density at radius 2 is 2.00 bits per heavy atom. The molecule has 0 bridgehead atoms. The molecule has 1 aromatic rings. The van der Waals surface area contributed by atoms with Crippen molar-refractivity contribution in [2.45, 2.75) is 17.4 Å². The molecule has 0 saturated carbocycles. The lowest BCUT2D eigenvalue weighted by Gasteiger charge is -2.16. The highest BCUT2D eigenvalue weighted by Gasteiger charge is 2.31. The Balaban J connectivity index is 0.00000200. The van der Waals surface area contributed by atoms with E-state index >= 15 is 0 Å². The molecule has 1 aromatic carbocycles. The van der Waals surface area contributed by atoms with Crippen molar-refractivity contribution >= 4 is 44.3 Å². The van der Waals surface area contributed by atoms with E-state index in [0.29, 0.717) is 24.0 Å². The molecule has 6 nitrogen and oxygen atoms in total. The average molecular weight is 385 g/mol. The minimum atomic E-state index is -3.63. The maximum Gasteiger partial charge on any atom is 0.248 e. The number of amides is 1. The van der Waals surface area contributed by atoms with Crippen LogP contribution in [0.4, 0.5) is 0 Å². The lowest BCUT2D eigenvalue weighted by molar-refractivity contribution is 0.1000. The highest BCUT2D eigenvalue weighted by Crippen LogP contribution is 2.24. The Morgan fingerprint density at radius 1 is 1.35 bits per heavy atom. The lowest BCUT2D eigenvalue weighted by atomic mass is 10.2. The van der Waals surface area contributed by atoms with Crippen molar-refractivity contribution in [1.82, 2.24) is 4.31 Å². The van der Waals surface area contributed by atoms with Gasteiger partial charge in [-0.05, 0) is 24.6 Å². The van der Waals surface area contributed by atoms with Crippen LogP contribution >= 0.6 is 28.3 Å². The van der Waals surface area contributed by atoms with Crippen LogP contribution in [0.2, 0.25) is 0 Å². The fourth-order valence-electron chi connectivity index (χ4n) is 1.98. The van der Waals surface area contributed by atoms with Crippen LogP contribution in [0.5, 0.6) is 0 Å². The van der Waals surface area contributed by atoms with Gasteiger partial charge in [0.15, 0.2) is 0 Å². The third kappa shape index (κ3) is 3.50. The Morgan fingerprint density at radius 3 is 2.50 bits per heavy atom. The highest BCUT2D eigenvalue weighted by molar-refractivity contribution is 9.10. The maximum atomic E-state index is 12.4. The van der Waals surface area contributed by atoms with Gasteiger partial charge in [-0.15, -0.1) is 12.4 Å². The number of nitrogens with two attached hydrogens (primary N) is 2. The molecule has 1 heterocycles. The van der Waals surface area contributed by atoms with E-state index in [0.717, 1.165) is 0 Å². The molecule has 4 N–H and O–H groups in total. The second-order valence-corrected chi connectivity index (χ2v) is 7.31. The molecule has 1 atom stereocenters. The van der Waals surface area contributed by atoms with E-state index in [1.807, 2.05) is 0 Å². The molecule has 0 aliphatic carbocycles. The zero-order valence-electron chi connectivity index (χ0n) is 10.5. The molecule has 0 aromatic heterocycles. The maximum absolute atomic E-state index is 12.4. The number of carbonyl (C=O) groups excluding carboxylic acids is 1. The van der Waals surface area contributed by atoms with Crippen LogP contribution in [0.1, 0.15) is 16.8 Å². The molecule has 2 rings (SSSR count). The number of benzene rings is 1. The predicted molar refractivity (Wildman–Crippen MR) is 81.3 cm³/mol. The van der Waals surface area contributed by atoms with Crippen LogP contribution < -0.4 is 11.5 Å². The first kappa shape index (κ1) is 17.4. The van der Waals surface area contributed by atoms with Gasteiger partial charge in [-0.1, -0.05) is 15.9 Å². The number of halogens is 2. The lowest BCUT2D eigenvalue weighted by Crippen LogP contribution is -2.32. The molecule has 1 fully saturated rings. The molecule has 9 heteroatoms. The summed E-state index contributed by atoms with van der Waals surface area (Å²) in [5.74, 6) is -0.670. The Labute approximate surface area is 132 Å². The van der Waals surface area contributed by atoms with Crippen LogP contribution in [-0.2, 0) is 10.0 Å². The van der Waals surface area contributed by atoms with Gasteiger partial charge in [0.25, 0.3) is 0 Å². The summed E-state index contributed by atoms with van der Waals surface area (Å²) >= 11 is 3.18. The van der Waals surface area contributed by atoms with E-state index in [-0.39, 0.29) is 28.9 Å². The molecule has 20 heavy (non-hydrogen) atoms. The number of sulfonamides is 1. The van der Waals surface area contributed by atoms with E-state index in [9.17, 15) is 13.2 Å². The van der Waals surface area contributed by atoms with Crippen LogP contribution in [0.15, 0.2) is 27.6 Å². The number of primary amides is 1. The van der Waals surface area contributed by atoms with Crippen LogP contribution in [0.25, 0.3) is 0 Å². The van der Waals surface area contributed by atoms with Crippen LogP contribution in [0.3, 0.4) is 0 Å². The summed E-state index contributed by atoms with van der Waals surface area (Å²) in [6.07, 6.45) is 0.635.